The van der Waals surface area contributed by atoms with Crippen LogP contribution in [-0.2, 0) is 9.59 Å². The Kier molecular flexibility index (Phi) is 3.98. The van der Waals surface area contributed by atoms with Gasteiger partial charge in [0, 0.05) is 18.3 Å². The van der Waals surface area contributed by atoms with Gasteiger partial charge in [-0.25, -0.2) is 0 Å². The summed E-state index contributed by atoms with van der Waals surface area (Å²) in [4.78, 5) is 24.3. The molecule has 0 heterocycles. The molecule has 0 radical (unpaired) electrons. The van der Waals surface area contributed by atoms with Crippen LogP contribution in [0.4, 0.5) is 0 Å². The summed E-state index contributed by atoms with van der Waals surface area (Å²) in [7, 11) is 0. The zero-order chi connectivity index (χ0) is 18.0. The Morgan fingerprint density at radius 1 is 1.08 bits per heavy atom. The average Bonchev–Trinajstić information content (AvgIpc) is 2.87. The second-order valence-electron chi connectivity index (χ2n) is 9.84. The lowest BCUT2D eigenvalue weighted by Gasteiger charge is -2.60. The van der Waals surface area contributed by atoms with E-state index in [1.807, 2.05) is 0 Å². The lowest BCUT2D eigenvalue weighted by atomic mass is 9.44. The maximum Gasteiger partial charge on any atom is 0.190 e. The Balaban J connectivity index is 1.64. The van der Waals surface area contributed by atoms with Crippen molar-refractivity contribution in [2.45, 2.75) is 77.2 Å². The summed E-state index contributed by atoms with van der Waals surface area (Å²) in [6.45, 7) is 3.94. The lowest BCUT2D eigenvalue weighted by Crippen LogP contribution is -2.59. The molecule has 2 N–H and O–H groups in total. The third-order valence-electron chi connectivity index (χ3n) is 9.24. The van der Waals surface area contributed by atoms with Crippen molar-refractivity contribution in [2.75, 3.05) is 6.61 Å². The summed E-state index contributed by atoms with van der Waals surface area (Å²) in [5.41, 5.74) is -1.50. The Bertz CT molecular complexity index is 601. The molecule has 4 fully saturated rings. The normalized spacial score (nSPS) is 52.2. The van der Waals surface area contributed by atoms with Crippen molar-refractivity contribution in [1.82, 2.24) is 0 Å². The molecule has 0 amide bonds. The van der Waals surface area contributed by atoms with Crippen LogP contribution in [0.2, 0.25) is 0 Å². The van der Waals surface area contributed by atoms with E-state index >= 15 is 0 Å². The molecule has 0 saturated heterocycles. The Labute approximate surface area is 150 Å². The van der Waals surface area contributed by atoms with Gasteiger partial charge in [-0.3, -0.25) is 9.59 Å². The average molecular weight is 348 g/mol. The monoisotopic (exact) mass is 348 g/mol. The zero-order valence-corrected chi connectivity index (χ0v) is 15.6. The summed E-state index contributed by atoms with van der Waals surface area (Å²) in [6.07, 6.45) is 8.02. The minimum Gasteiger partial charge on any atom is -0.388 e. The van der Waals surface area contributed by atoms with E-state index in [2.05, 4.69) is 13.8 Å². The van der Waals surface area contributed by atoms with Crippen molar-refractivity contribution >= 4 is 11.6 Å². The highest BCUT2D eigenvalue weighted by Crippen LogP contribution is 2.68. The van der Waals surface area contributed by atoms with E-state index in [9.17, 15) is 19.8 Å². The molecule has 4 aliphatic rings. The van der Waals surface area contributed by atoms with Gasteiger partial charge in [0.15, 0.2) is 5.78 Å². The number of carbonyl (C=O) groups is 2. The summed E-state index contributed by atoms with van der Waals surface area (Å²) in [6, 6.07) is 0. The maximum atomic E-state index is 12.3. The van der Waals surface area contributed by atoms with Crippen LogP contribution in [0.5, 0.6) is 0 Å². The summed E-state index contributed by atoms with van der Waals surface area (Å²) < 4.78 is 0. The molecule has 7 atom stereocenters. The molecule has 0 aliphatic heterocycles. The number of aliphatic hydroxyl groups excluding tert-OH is 1. The van der Waals surface area contributed by atoms with Gasteiger partial charge in [0.25, 0.3) is 0 Å². The van der Waals surface area contributed by atoms with Crippen molar-refractivity contribution in [3.63, 3.8) is 0 Å². The Hall–Kier alpha value is -0.740. The van der Waals surface area contributed by atoms with E-state index < -0.39 is 17.6 Å². The van der Waals surface area contributed by atoms with Crippen LogP contribution in [-0.4, -0.2) is 34.0 Å². The molecule has 0 aromatic rings. The number of rotatable bonds is 2. The molecular weight excluding hydrogens is 316 g/mol. The van der Waals surface area contributed by atoms with Crippen molar-refractivity contribution in [3.8, 4) is 0 Å². The molecule has 0 unspecified atom stereocenters. The quantitative estimate of drug-likeness (QED) is 0.805. The fourth-order valence-electron chi connectivity index (χ4n) is 7.65. The fraction of sp³-hybridized carbons (Fsp3) is 0.905. The molecule has 4 aliphatic carbocycles. The van der Waals surface area contributed by atoms with Crippen LogP contribution in [0.15, 0.2) is 0 Å². The van der Waals surface area contributed by atoms with Crippen LogP contribution in [0.1, 0.15) is 71.6 Å². The second kappa shape index (κ2) is 5.63. The van der Waals surface area contributed by atoms with Gasteiger partial charge in [-0.1, -0.05) is 13.8 Å². The van der Waals surface area contributed by atoms with Crippen LogP contribution in [0.25, 0.3) is 0 Å². The third-order valence-corrected chi connectivity index (χ3v) is 9.24. The van der Waals surface area contributed by atoms with Gasteiger partial charge in [0.1, 0.15) is 18.0 Å². The molecule has 0 spiro atoms. The number of fused-ring (bicyclic) bond motifs is 5. The molecule has 0 aromatic heterocycles. The predicted molar refractivity (Wildman–Crippen MR) is 93.8 cm³/mol. The topological polar surface area (TPSA) is 74.6 Å². The van der Waals surface area contributed by atoms with E-state index in [-0.39, 0.29) is 11.2 Å². The number of Topliss-reactive ketones (excluding diaryl/α,β-unsaturated/α-hetero) is 2. The van der Waals surface area contributed by atoms with Crippen molar-refractivity contribution in [3.05, 3.63) is 0 Å². The highest BCUT2D eigenvalue weighted by atomic mass is 16.3. The third kappa shape index (κ3) is 2.19. The summed E-state index contributed by atoms with van der Waals surface area (Å²) in [5.74, 6) is 2.10. The first-order valence-corrected chi connectivity index (χ1v) is 10.1. The first-order valence-electron chi connectivity index (χ1n) is 10.1. The number of carbonyl (C=O) groups excluding carboxylic acids is 2. The number of hydrogen-bond acceptors (Lipinski definition) is 4. The first kappa shape index (κ1) is 17.7. The minimum atomic E-state index is -1.35. The van der Waals surface area contributed by atoms with Gasteiger partial charge in [0.2, 0.25) is 0 Å². The summed E-state index contributed by atoms with van der Waals surface area (Å²) >= 11 is 0. The smallest absolute Gasteiger partial charge is 0.190 e. The molecule has 0 bridgehead atoms. The van der Waals surface area contributed by atoms with Crippen LogP contribution in [0, 0.1) is 34.5 Å². The van der Waals surface area contributed by atoms with Crippen LogP contribution >= 0.6 is 0 Å². The van der Waals surface area contributed by atoms with E-state index in [4.69, 9.17) is 0 Å². The van der Waals surface area contributed by atoms with Gasteiger partial charge in [-0.05, 0) is 74.0 Å². The number of ketones is 2. The molecule has 140 valence electrons. The Morgan fingerprint density at radius 3 is 2.52 bits per heavy atom. The van der Waals surface area contributed by atoms with Crippen molar-refractivity contribution in [1.29, 1.82) is 0 Å². The minimum absolute atomic E-state index is 0.250. The zero-order valence-electron chi connectivity index (χ0n) is 15.6. The number of aliphatic hydroxyl groups is 2. The SMILES string of the molecule is C[C@]12CCC(=O)C[C@H]1CC[C@@H]1[C@@H]2CC[C@@]2(C)[C@H]1CC[C@]2(O)C(=O)CO. The molecule has 0 aromatic carbocycles. The van der Waals surface area contributed by atoms with E-state index in [1.165, 1.54) is 0 Å². The van der Waals surface area contributed by atoms with Gasteiger partial charge in [0.05, 0.1) is 0 Å². The van der Waals surface area contributed by atoms with Crippen molar-refractivity contribution < 1.29 is 19.8 Å². The Morgan fingerprint density at radius 2 is 1.80 bits per heavy atom. The molecular formula is C21H32O4. The molecule has 4 nitrogen and oxygen atoms in total. The molecule has 25 heavy (non-hydrogen) atoms. The largest absolute Gasteiger partial charge is 0.388 e. The van der Waals surface area contributed by atoms with E-state index in [1.54, 1.807) is 0 Å². The lowest BCUT2D eigenvalue weighted by molar-refractivity contribution is -0.172. The molecule has 4 saturated carbocycles. The summed E-state index contributed by atoms with van der Waals surface area (Å²) in [5, 5.41) is 20.6. The predicted octanol–water partition coefficient (Wildman–Crippen LogP) is 2.89. The standard InChI is InChI=1S/C21H32O4/c1-19-8-5-14(23)11-13(19)3-4-15-16(19)6-9-20(2)17(15)7-10-21(20,25)18(24)12-22/h13,15-17,22,25H,3-12H2,1-2H3/t13-,15-,16+,17+,19+,20+,21+/m1/s1. The van der Waals surface area contributed by atoms with E-state index in [0.717, 1.165) is 51.4 Å². The van der Waals surface area contributed by atoms with Crippen molar-refractivity contribution in [2.24, 2.45) is 34.5 Å². The first-order chi connectivity index (χ1) is 11.8. The second-order valence-corrected chi connectivity index (χ2v) is 9.84. The van der Waals surface area contributed by atoms with Crippen LogP contribution < -0.4 is 0 Å². The fourth-order valence-corrected chi connectivity index (χ4v) is 7.65. The molecule has 4 rings (SSSR count). The molecule has 4 heteroatoms. The van der Waals surface area contributed by atoms with Gasteiger partial charge >= 0.3 is 0 Å². The van der Waals surface area contributed by atoms with Gasteiger partial charge in [-0.2, -0.15) is 0 Å². The van der Waals surface area contributed by atoms with Gasteiger partial charge < -0.3 is 10.2 Å². The highest BCUT2D eigenvalue weighted by molar-refractivity contribution is 5.89. The highest BCUT2D eigenvalue weighted by Gasteiger charge is 2.66. The van der Waals surface area contributed by atoms with Gasteiger partial charge in [-0.15, -0.1) is 0 Å². The maximum absolute atomic E-state index is 12.3. The van der Waals surface area contributed by atoms with Crippen LogP contribution in [0.3, 0.4) is 0 Å². The number of hydrogen-bond donors (Lipinski definition) is 2. The van der Waals surface area contributed by atoms with E-state index in [0.29, 0.717) is 35.9 Å².